The zero-order chi connectivity index (χ0) is 38.2. The van der Waals surface area contributed by atoms with E-state index in [1.165, 1.54) is 33.0 Å². The highest BCUT2D eigenvalue weighted by Gasteiger charge is 2.22. The number of benzene rings is 9. The number of hydrogen-bond acceptors (Lipinski definition) is 3. The summed E-state index contributed by atoms with van der Waals surface area (Å²) in [4.78, 5) is 10.4. The molecule has 0 radical (unpaired) electrons. The van der Waals surface area contributed by atoms with Crippen LogP contribution in [0.1, 0.15) is 0 Å². The molecule has 0 spiro atoms. The van der Waals surface area contributed by atoms with Crippen LogP contribution in [0.4, 0.5) is 0 Å². The Hall–Kier alpha value is -7.82. The summed E-state index contributed by atoms with van der Waals surface area (Å²) < 4.78 is 9.29. The van der Waals surface area contributed by atoms with Crippen LogP contribution in [0.2, 0.25) is 0 Å². The molecular weight excluding hydrogens is 707 g/mol. The van der Waals surface area contributed by atoms with E-state index >= 15 is 0 Å². The van der Waals surface area contributed by atoms with E-state index in [0.717, 1.165) is 77.2 Å². The van der Waals surface area contributed by atoms with Crippen molar-refractivity contribution in [1.29, 1.82) is 0 Å². The topological polar surface area (TPSA) is 43.9 Å². The van der Waals surface area contributed by atoms with Crippen molar-refractivity contribution in [3.05, 3.63) is 200 Å². The maximum absolute atomic E-state index is 6.89. The van der Waals surface area contributed by atoms with Gasteiger partial charge in [-0.3, -0.25) is 0 Å². The number of rotatable bonds is 5. The third kappa shape index (κ3) is 5.09. The smallest absolute Gasteiger partial charge is 0.164 e. The predicted molar refractivity (Wildman–Crippen MR) is 240 cm³/mol. The second-order valence-corrected chi connectivity index (χ2v) is 14.9. The molecule has 0 amide bonds. The Labute approximate surface area is 333 Å². The Balaban J connectivity index is 1.11. The number of para-hydroxylation sites is 1. The van der Waals surface area contributed by atoms with Gasteiger partial charge in [0, 0.05) is 38.2 Å². The standard InChI is InChI=1S/C54H33N3O/c1-4-14-34(15-5-1)37-24-27-48-43(30-37)44-31-38(35-16-6-2-7-17-35)25-28-49(44)57(48)40-26-29-50-45(33-40)51-41-21-11-10-20-39(41)32-46(53(51)58-50)54-55-47-23-13-12-22-42(47)52(56-54)36-18-8-3-9-19-36/h1-33H. The summed E-state index contributed by atoms with van der Waals surface area (Å²) in [5, 5.41) is 7.77. The maximum atomic E-state index is 6.89. The SMILES string of the molecule is c1ccc(-c2ccc3c(c2)c2cc(-c4ccccc4)ccc2n3-c2ccc3oc4c(-c5nc(-c6ccccc6)c6ccccc6n5)cc5ccccc5c4c3c2)cc1. The summed E-state index contributed by atoms with van der Waals surface area (Å²) in [6.45, 7) is 0. The van der Waals surface area contributed by atoms with E-state index in [1.54, 1.807) is 0 Å². The number of fused-ring (bicyclic) bond motifs is 9. The van der Waals surface area contributed by atoms with E-state index in [0.29, 0.717) is 5.82 Å². The van der Waals surface area contributed by atoms with Gasteiger partial charge in [0.15, 0.2) is 5.82 Å². The van der Waals surface area contributed by atoms with E-state index in [-0.39, 0.29) is 0 Å². The molecule has 0 fully saturated rings. The van der Waals surface area contributed by atoms with Gasteiger partial charge in [0.25, 0.3) is 0 Å². The lowest BCUT2D eigenvalue weighted by molar-refractivity contribution is 0.670. The Morgan fingerprint density at radius 3 is 1.66 bits per heavy atom. The zero-order valence-corrected chi connectivity index (χ0v) is 31.3. The summed E-state index contributed by atoms with van der Waals surface area (Å²) in [6.07, 6.45) is 0. The third-order valence-electron chi connectivity index (χ3n) is 11.6. The van der Waals surface area contributed by atoms with Gasteiger partial charge in [-0.2, -0.15) is 0 Å². The Morgan fingerprint density at radius 1 is 0.397 bits per heavy atom. The molecule has 12 rings (SSSR count). The Bertz CT molecular complexity index is 3450. The van der Waals surface area contributed by atoms with E-state index in [4.69, 9.17) is 14.4 Å². The summed E-state index contributed by atoms with van der Waals surface area (Å²) in [6, 6.07) is 70.9. The van der Waals surface area contributed by atoms with Gasteiger partial charge in [-0.15, -0.1) is 0 Å². The molecule has 0 unspecified atom stereocenters. The highest BCUT2D eigenvalue weighted by Crippen LogP contribution is 2.43. The van der Waals surface area contributed by atoms with Crippen molar-refractivity contribution in [2.45, 2.75) is 0 Å². The van der Waals surface area contributed by atoms with Crippen LogP contribution in [0.25, 0.3) is 116 Å². The predicted octanol–water partition coefficient (Wildman–Crippen LogP) is 14.4. The van der Waals surface area contributed by atoms with Crippen molar-refractivity contribution in [1.82, 2.24) is 14.5 Å². The fraction of sp³-hybridized carbons (Fsp3) is 0. The van der Waals surface area contributed by atoms with Crippen LogP contribution in [0.5, 0.6) is 0 Å². The van der Waals surface area contributed by atoms with Crippen molar-refractivity contribution in [3.8, 4) is 50.6 Å². The summed E-state index contributed by atoms with van der Waals surface area (Å²) in [5.41, 5.74) is 13.5. The summed E-state index contributed by atoms with van der Waals surface area (Å²) in [7, 11) is 0. The van der Waals surface area contributed by atoms with Crippen molar-refractivity contribution >= 4 is 65.4 Å². The molecule has 0 N–H and O–H groups in total. The monoisotopic (exact) mass is 739 g/mol. The molecular formula is C54H33N3O. The minimum absolute atomic E-state index is 0.637. The lowest BCUT2D eigenvalue weighted by atomic mass is 9.99. The van der Waals surface area contributed by atoms with Gasteiger partial charge in [0.1, 0.15) is 11.2 Å². The first-order valence-corrected chi connectivity index (χ1v) is 19.7. The van der Waals surface area contributed by atoms with E-state index in [9.17, 15) is 0 Å². The summed E-state index contributed by atoms with van der Waals surface area (Å²) >= 11 is 0. The van der Waals surface area contributed by atoms with Crippen molar-refractivity contribution < 1.29 is 4.42 Å². The molecule has 0 saturated carbocycles. The van der Waals surface area contributed by atoms with Crippen LogP contribution >= 0.6 is 0 Å². The van der Waals surface area contributed by atoms with Gasteiger partial charge in [0.05, 0.1) is 27.8 Å². The van der Waals surface area contributed by atoms with Gasteiger partial charge in [-0.1, -0.05) is 146 Å². The Morgan fingerprint density at radius 2 is 0.983 bits per heavy atom. The van der Waals surface area contributed by atoms with Crippen LogP contribution in [-0.2, 0) is 0 Å². The van der Waals surface area contributed by atoms with E-state index < -0.39 is 0 Å². The van der Waals surface area contributed by atoms with Crippen molar-refractivity contribution in [2.24, 2.45) is 0 Å². The molecule has 58 heavy (non-hydrogen) atoms. The molecule has 0 aliphatic heterocycles. The Kier molecular flexibility index (Phi) is 7.20. The molecule has 4 nitrogen and oxygen atoms in total. The quantitative estimate of drug-likeness (QED) is 0.177. The molecule has 0 atom stereocenters. The molecule has 3 aromatic heterocycles. The first-order chi connectivity index (χ1) is 28.7. The third-order valence-corrected chi connectivity index (χ3v) is 11.6. The molecule has 4 heteroatoms. The molecule has 0 aliphatic carbocycles. The van der Waals surface area contributed by atoms with Crippen LogP contribution in [-0.4, -0.2) is 14.5 Å². The van der Waals surface area contributed by atoms with Gasteiger partial charge in [0.2, 0.25) is 0 Å². The van der Waals surface area contributed by atoms with Gasteiger partial charge < -0.3 is 8.98 Å². The largest absolute Gasteiger partial charge is 0.455 e. The fourth-order valence-corrected chi connectivity index (χ4v) is 8.85. The van der Waals surface area contributed by atoms with Gasteiger partial charge in [-0.05, 0) is 87.6 Å². The second-order valence-electron chi connectivity index (χ2n) is 14.9. The molecule has 12 aromatic rings. The fourth-order valence-electron chi connectivity index (χ4n) is 8.85. The first kappa shape index (κ1) is 32.4. The number of aromatic nitrogens is 3. The first-order valence-electron chi connectivity index (χ1n) is 19.7. The van der Waals surface area contributed by atoms with Crippen LogP contribution in [0.3, 0.4) is 0 Å². The molecule has 270 valence electrons. The second kappa shape index (κ2) is 12.9. The van der Waals surface area contributed by atoms with Gasteiger partial charge >= 0.3 is 0 Å². The highest BCUT2D eigenvalue weighted by atomic mass is 16.3. The average molecular weight is 740 g/mol. The molecule has 9 aromatic carbocycles. The molecule has 0 bridgehead atoms. The van der Waals surface area contributed by atoms with Gasteiger partial charge in [-0.25, -0.2) is 9.97 Å². The summed E-state index contributed by atoms with van der Waals surface area (Å²) in [5.74, 6) is 0.637. The number of nitrogens with zero attached hydrogens (tertiary/aromatic N) is 3. The molecule has 0 saturated heterocycles. The number of hydrogen-bond donors (Lipinski definition) is 0. The lowest BCUT2D eigenvalue weighted by Gasteiger charge is -2.11. The zero-order valence-electron chi connectivity index (χ0n) is 31.3. The van der Waals surface area contributed by atoms with E-state index in [1.807, 2.05) is 18.2 Å². The molecule has 0 aliphatic rings. The molecule has 3 heterocycles. The van der Waals surface area contributed by atoms with Crippen LogP contribution in [0.15, 0.2) is 205 Å². The van der Waals surface area contributed by atoms with Crippen molar-refractivity contribution in [2.75, 3.05) is 0 Å². The highest BCUT2D eigenvalue weighted by molar-refractivity contribution is 6.23. The average Bonchev–Trinajstić information content (AvgIpc) is 3.84. The normalized spacial score (nSPS) is 11.8. The van der Waals surface area contributed by atoms with Crippen LogP contribution in [0, 0.1) is 0 Å². The van der Waals surface area contributed by atoms with Crippen LogP contribution < -0.4 is 0 Å². The lowest BCUT2D eigenvalue weighted by Crippen LogP contribution is -1.95. The van der Waals surface area contributed by atoms with Crippen molar-refractivity contribution in [3.63, 3.8) is 0 Å². The number of furan rings is 1. The maximum Gasteiger partial charge on any atom is 0.164 e. The minimum atomic E-state index is 0.637. The van der Waals surface area contributed by atoms with E-state index in [2.05, 4.69) is 187 Å². The minimum Gasteiger partial charge on any atom is -0.455 e.